The standard InChI is InChI=1S/C12H14OS/c1-3-9-10-6-5-8(13)7-12(10)14-11(9)4-2/h5-7,13H,3-4H2,1-2H3. The fraction of sp³-hybridized carbons (Fsp3) is 0.333. The molecule has 0 radical (unpaired) electrons. The number of phenols is 1. The lowest BCUT2D eigenvalue weighted by molar-refractivity contribution is 0.476. The summed E-state index contributed by atoms with van der Waals surface area (Å²) in [4.78, 5) is 1.45. The second-order valence-corrected chi connectivity index (χ2v) is 4.53. The van der Waals surface area contributed by atoms with Crippen LogP contribution in [-0.2, 0) is 12.8 Å². The molecule has 0 atom stereocenters. The molecule has 1 N–H and O–H groups in total. The number of benzene rings is 1. The van der Waals surface area contributed by atoms with Crippen LogP contribution in [0.4, 0.5) is 0 Å². The van der Waals surface area contributed by atoms with E-state index in [2.05, 4.69) is 13.8 Å². The monoisotopic (exact) mass is 206 g/mol. The van der Waals surface area contributed by atoms with Gasteiger partial charge in [-0.05, 0) is 42.0 Å². The molecule has 1 aromatic carbocycles. The third-order valence-electron chi connectivity index (χ3n) is 2.53. The van der Waals surface area contributed by atoms with E-state index >= 15 is 0 Å². The Kier molecular flexibility index (Phi) is 2.46. The Bertz CT molecular complexity index is 457. The van der Waals surface area contributed by atoms with E-state index < -0.39 is 0 Å². The van der Waals surface area contributed by atoms with Crippen molar-refractivity contribution in [2.75, 3.05) is 0 Å². The fourth-order valence-corrected chi connectivity index (χ4v) is 3.13. The van der Waals surface area contributed by atoms with Crippen molar-refractivity contribution in [2.24, 2.45) is 0 Å². The third kappa shape index (κ3) is 1.40. The molecule has 1 aromatic heterocycles. The number of phenolic OH excluding ortho intramolecular Hbond substituents is 1. The van der Waals surface area contributed by atoms with Crippen LogP contribution in [0.5, 0.6) is 5.75 Å². The zero-order valence-electron chi connectivity index (χ0n) is 8.50. The van der Waals surface area contributed by atoms with Gasteiger partial charge < -0.3 is 5.11 Å². The molecule has 0 bridgehead atoms. The van der Waals surface area contributed by atoms with Crippen LogP contribution in [0.1, 0.15) is 24.3 Å². The minimum Gasteiger partial charge on any atom is -0.508 e. The third-order valence-corrected chi connectivity index (χ3v) is 3.87. The minimum absolute atomic E-state index is 0.365. The van der Waals surface area contributed by atoms with Crippen molar-refractivity contribution in [2.45, 2.75) is 26.7 Å². The van der Waals surface area contributed by atoms with Gasteiger partial charge in [0.1, 0.15) is 5.75 Å². The SMILES string of the molecule is CCc1sc2cc(O)ccc2c1CC. The first-order chi connectivity index (χ1) is 6.76. The zero-order chi connectivity index (χ0) is 10.1. The smallest absolute Gasteiger partial charge is 0.117 e. The van der Waals surface area contributed by atoms with Gasteiger partial charge in [0.25, 0.3) is 0 Å². The quantitative estimate of drug-likeness (QED) is 0.793. The number of aryl methyl sites for hydroxylation is 2. The van der Waals surface area contributed by atoms with Crippen LogP contribution in [0.25, 0.3) is 10.1 Å². The lowest BCUT2D eigenvalue weighted by Crippen LogP contribution is -1.82. The number of aromatic hydroxyl groups is 1. The highest BCUT2D eigenvalue weighted by molar-refractivity contribution is 7.19. The normalized spacial score (nSPS) is 11.0. The van der Waals surface area contributed by atoms with E-state index in [0.29, 0.717) is 5.75 Å². The maximum absolute atomic E-state index is 9.38. The van der Waals surface area contributed by atoms with Crippen molar-refractivity contribution >= 4 is 21.4 Å². The van der Waals surface area contributed by atoms with Gasteiger partial charge in [0.2, 0.25) is 0 Å². The van der Waals surface area contributed by atoms with Crippen LogP contribution in [-0.4, -0.2) is 5.11 Å². The summed E-state index contributed by atoms with van der Waals surface area (Å²) in [7, 11) is 0. The zero-order valence-corrected chi connectivity index (χ0v) is 9.32. The molecule has 0 saturated heterocycles. The lowest BCUT2D eigenvalue weighted by atomic mass is 10.1. The van der Waals surface area contributed by atoms with Gasteiger partial charge in [0.05, 0.1) is 0 Å². The summed E-state index contributed by atoms with van der Waals surface area (Å²) in [6.45, 7) is 4.37. The van der Waals surface area contributed by atoms with Crippen molar-refractivity contribution in [3.8, 4) is 5.75 Å². The number of hydrogen-bond donors (Lipinski definition) is 1. The van der Waals surface area contributed by atoms with Gasteiger partial charge in [-0.2, -0.15) is 0 Å². The second kappa shape index (κ2) is 3.62. The van der Waals surface area contributed by atoms with Crippen LogP contribution in [0.3, 0.4) is 0 Å². The number of rotatable bonds is 2. The van der Waals surface area contributed by atoms with E-state index in [-0.39, 0.29) is 0 Å². The average Bonchev–Trinajstić information content (AvgIpc) is 2.54. The van der Waals surface area contributed by atoms with Gasteiger partial charge in [-0.25, -0.2) is 0 Å². The Labute approximate surface area is 88.0 Å². The first kappa shape index (κ1) is 9.53. The van der Waals surface area contributed by atoms with Gasteiger partial charge in [-0.1, -0.05) is 13.8 Å². The molecule has 1 heterocycles. The highest BCUT2D eigenvalue weighted by Gasteiger charge is 2.08. The molecule has 0 amide bonds. The molecule has 0 saturated carbocycles. The Balaban J connectivity index is 2.73. The summed E-state index contributed by atoms with van der Waals surface area (Å²) < 4.78 is 1.21. The maximum atomic E-state index is 9.38. The first-order valence-corrected chi connectivity index (χ1v) is 5.81. The molecule has 2 heteroatoms. The van der Waals surface area contributed by atoms with Crippen molar-refractivity contribution in [1.82, 2.24) is 0 Å². The number of fused-ring (bicyclic) bond motifs is 1. The molecule has 0 unspecified atom stereocenters. The van der Waals surface area contributed by atoms with Crippen molar-refractivity contribution < 1.29 is 5.11 Å². The molecule has 1 nitrogen and oxygen atoms in total. The number of hydrogen-bond acceptors (Lipinski definition) is 2. The van der Waals surface area contributed by atoms with Gasteiger partial charge >= 0.3 is 0 Å². The molecule has 2 aromatic rings. The molecule has 2 rings (SSSR count). The molecule has 14 heavy (non-hydrogen) atoms. The Morgan fingerprint density at radius 1 is 1.21 bits per heavy atom. The number of thiophene rings is 1. The fourth-order valence-electron chi connectivity index (χ4n) is 1.86. The molecule has 74 valence electrons. The first-order valence-electron chi connectivity index (χ1n) is 4.99. The summed E-state index contributed by atoms with van der Waals surface area (Å²) in [5.74, 6) is 0.365. The molecular formula is C12H14OS. The molecular weight excluding hydrogens is 192 g/mol. The van der Waals surface area contributed by atoms with E-state index in [1.807, 2.05) is 12.1 Å². The van der Waals surface area contributed by atoms with Crippen LogP contribution in [0.2, 0.25) is 0 Å². The molecule has 0 fully saturated rings. The van der Waals surface area contributed by atoms with Gasteiger partial charge in [0, 0.05) is 9.58 Å². The summed E-state index contributed by atoms with van der Waals surface area (Å²) in [6, 6.07) is 5.66. The molecule has 0 aliphatic rings. The van der Waals surface area contributed by atoms with E-state index in [9.17, 15) is 5.11 Å². The van der Waals surface area contributed by atoms with Crippen molar-refractivity contribution in [3.63, 3.8) is 0 Å². The van der Waals surface area contributed by atoms with Crippen LogP contribution >= 0.6 is 11.3 Å². The highest BCUT2D eigenvalue weighted by atomic mass is 32.1. The lowest BCUT2D eigenvalue weighted by Gasteiger charge is -1.97. The predicted octanol–water partition coefficient (Wildman–Crippen LogP) is 3.73. The summed E-state index contributed by atoms with van der Waals surface area (Å²) in [5, 5.41) is 10.7. The van der Waals surface area contributed by atoms with Crippen molar-refractivity contribution in [3.05, 3.63) is 28.6 Å². The van der Waals surface area contributed by atoms with Crippen LogP contribution in [0.15, 0.2) is 18.2 Å². The molecule has 0 spiro atoms. The molecule has 0 aliphatic heterocycles. The van der Waals surface area contributed by atoms with Crippen LogP contribution < -0.4 is 0 Å². The predicted molar refractivity (Wildman–Crippen MR) is 62.2 cm³/mol. The largest absolute Gasteiger partial charge is 0.508 e. The Morgan fingerprint density at radius 2 is 2.00 bits per heavy atom. The van der Waals surface area contributed by atoms with Gasteiger partial charge in [-0.3, -0.25) is 0 Å². The van der Waals surface area contributed by atoms with E-state index in [4.69, 9.17) is 0 Å². The topological polar surface area (TPSA) is 20.2 Å². The van der Waals surface area contributed by atoms with E-state index in [0.717, 1.165) is 12.8 Å². The minimum atomic E-state index is 0.365. The summed E-state index contributed by atoms with van der Waals surface area (Å²) >= 11 is 1.80. The maximum Gasteiger partial charge on any atom is 0.117 e. The van der Waals surface area contributed by atoms with Gasteiger partial charge in [-0.15, -0.1) is 11.3 Å². The summed E-state index contributed by atoms with van der Waals surface area (Å²) in [5.41, 5.74) is 1.45. The highest BCUT2D eigenvalue weighted by Crippen LogP contribution is 2.34. The van der Waals surface area contributed by atoms with Crippen molar-refractivity contribution in [1.29, 1.82) is 0 Å². The average molecular weight is 206 g/mol. The second-order valence-electron chi connectivity index (χ2n) is 3.39. The Morgan fingerprint density at radius 3 is 2.64 bits per heavy atom. The molecule has 0 aliphatic carbocycles. The van der Waals surface area contributed by atoms with Crippen LogP contribution in [0, 0.1) is 0 Å². The Hall–Kier alpha value is -1.02. The van der Waals surface area contributed by atoms with E-state index in [1.165, 1.54) is 20.5 Å². The van der Waals surface area contributed by atoms with E-state index in [1.54, 1.807) is 17.4 Å². The van der Waals surface area contributed by atoms with Gasteiger partial charge in [0.15, 0.2) is 0 Å². The summed E-state index contributed by atoms with van der Waals surface area (Å²) in [6.07, 6.45) is 2.16.